The number of hydrogen-bond acceptors (Lipinski definition) is 3. The first kappa shape index (κ1) is 16.9. The van der Waals surface area contributed by atoms with Gasteiger partial charge in [0, 0.05) is 5.56 Å². The molecule has 0 atom stereocenters. The summed E-state index contributed by atoms with van der Waals surface area (Å²) in [6.07, 6.45) is 3.75. The third kappa shape index (κ3) is 3.40. The van der Waals surface area contributed by atoms with Crippen molar-refractivity contribution in [3.05, 3.63) is 100 Å². The highest BCUT2D eigenvalue weighted by Gasteiger charge is 2.14. The maximum Gasteiger partial charge on any atom is 0.200 e. The molecule has 1 heterocycles. The standard InChI is InChI=1S/C24H18O3/c1-26-19-14-12-18(13-15-19)24-21(16-11-17-7-3-2-4-8-17)23(25)20-9-5-6-10-22(20)27-24/h2-16H,1H3/b16-11+. The molecule has 0 aliphatic rings. The molecule has 0 N–H and O–H groups in total. The van der Waals surface area contributed by atoms with E-state index in [9.17, 15) is 4.79 Å². The lowest BCUT2D eigenvalue weighted by Crippen LogP contribution is -2.07. The van der Waals surface area contributed by atoms with Crippen molar-refractivity contribution in [3.63, 3.8) is 0 Å². The summed E-state index contributed by atoms with van der Waals surface area (Å²) in [6.45, 7) is 0. The molecule has 3 aromatic carbocycles. The van der Waals surface area contributed by atoms with Gasteiger partial charge in [-0.1, -0.05) is 48.5 Å². The summed E-state index contributed by atoms with van der Waals surface area (Å²) in [5, 5.41) is 0.572. The number of rotatable bonds is 4. The topological polar surface area (TPSA) is 39.4 Å². The fourth-order valence-corrected chi connectivity index (χ4v) is 3.01. The van der Waals surface area contributed by atoms with Crippen LogP contribution in [0.1, 0.15) is 11.1 Å². The Morgan fingerprint density at radius 3 is 2.26 bits per heavy atom. The number of para-hydroxylation sites is 1. The lowest BCUT2D eigenvalue weighted by molar-refractivity contribution is 0.415. The molecule has 0 fully saturated rings. The highest BCUT2D eigenvalue weighted by Crippen LogP contribution is 2.28. The van der Waals surface area contributed by atoms with Crippen LogP contribution in [0.25, 0.3) is 34.4 Å². The average Bonchev–Trinajstić information content (AvgIpc) is 2.74. The van der Waals surface area contributed by atoms with Crippen LogP contribution in [0.4, 0.5) is 0 Å². The average molecular weight is 354 g/mol. The van der Waals surface area contributed by atoms with E-state index >= 15 is 0 Å². The molecule has 27 heavy (non-hydrogen) atoms. The van der Waals surface area contributed by atoms with Crippen LogP contribution in [0.5, 0.6) is 5.75 Å². The third-order valence-corrected chi connectivity index (χ3v) is 4.43. The van der Waals surface area contributed by atoms with Crippen LogP contribution in [0.2, 0.25) is 0 Å². The van der Waals surface area contributed by atoms with Gasteiger partial charge in [-0.05, 0) is 48.0 Å². The largest absolute Gasteiger partial charge is 0.497 e. The van der Waals surface area contributed by atoms with E-state index in [1.165, 1.54) is 0 Å². The molecule has 4 rings (SSSR count). The van der Waals surface area contributed by atoms with Crippen LogP contribution >= 0.6 is 0 Å². The zero-order valence-electron chi connectivity index (χ0n) is 14.9. The molecule has 0 saturated carbocycles. The highest BCUT2D eigenvalue weighted by molar-refractivity contribution is 5.86. The second kappa shape index (κ2) is 7.34. The van der Waals surface area contributed by atoms with Crippen molar-refractivity contribution >= 4 is 23.1 Å². The van der Waals surface area contributed by atoms with E-state index in [1.54, 1.807) is 13.2 Å². The van der Waals surface area contributed by atoms with Gasteiger partial charge in [0.05, 0.1) is 18.1 Å². The first-order valence-electron chi connectivity index (χ1n) is 8.69. The highest BCUT2D eigenvalue weighted by atomic mass is 16.5. The zero-order valence-corrected chi connectivity index (χ0v) is 14.9. The van der Waals surface area contributed by atoms with Gasteiger partial charge in [-0.3, -0.25) is 4.79 Å². The smallest absolute Gasteiger partial charge is 0.200 e. The van der Waals surface area contributed by atoms with Crippen LogP contribution in [-0.4, -0.2) is 7.11 Å². The normalized spacial score (nSPS) is 11.1. The minimum absolute atomic E-state index is 0.0464. The summed E-state index contributed by atoms with van der Waals surface area (Å²) >= 11 is 0. The van der Waals surface area contributed by atoms with Gasteiger partial charge < -0.3 is 9.15 Å². The van der Waals surface area contributed by atoms with Crippen LogP contribution in [-0.2, 0) is 0 Å². The van der Waals surface area contributed by atoms with Crippen LogP contribution < -0.4 is 10.2 Å². The molecule has 3 heteroatoms. The molecule has 0 unspecified atom stereocenters. The number of fused-ring (bicyclic) bond motifs is 1. The van der Waals surface area contributed by atoms with E-state index in [0.29, 0.717) is 22.3 Å². The Morgan fingerprint density at radius 2 is 1.52 bits per heavy atom. The number of benzene rings is 3. The van der Waals surface area contributed by atoms with Gasteiger partial charge in [0.15, 0.2) is 0 Å². The van der Waals surface area contributed by atoms with E-state index in [0.717, 1.165) is 16.9 Å². The van der Waals surface area contributed by atoms with Gasteiger partial charge in [0.1, 0.15) is 17.1 Å². The van der Waals surface area contributed by atoms with Crippen molar-refractivity contribution in [2.75, 3.05) is 7.11 Å². The molecule has 0 amide bonds. The van der Waals surface area contributed by atoms with Crippen molar-refractivity contribution in [2.24, 2.45) is 0 Å². The molecule has 0 spiro atoms. The minimum Gasteiger partial charge on any atom is -0.497 e. The van der Waals surface area contributed by atoms with Gasteiger partial charge in [0.25, 0.3) is 0 Å². The SMILES string of the molecule is COc1ccc(-c2oc3ccccc3c(=O)c2/C=C/c2ccccc2)cc1. The minimum atomic E-state index is -0.0464. The van der Waals surface area contributed by atoms with Crippen LogP contribution in [0.3, 0.4) is 0 Å². The summed E-state index contributed by atoms with van der Waals surface area (Å²) in [4.78, 5) is 13.1. The molecule has 0 radical (unpaired) electrons. The third-order valence-electron chi connectivity index (χ3n) is 4.43. The van der Waals surface area contributed by atoms with E-state index in [4.69, 9.17) is 9.15 Å². The molecule has 3 nitrogen and oxygen atoms in total. The molecular formula is C24H18O3. The van der Waals surface area contributed by atoms with E-state index < -0.39 is 0 Å². The predicted octanol–water partition coefficient (Wildman–Crippen LogP) is 5.64. The van der Waals surface area contributed by atoms with Crippen molar-refractivity contribution in [3.8, 4) is 17.1 Å². The first-order chi connectivity index (χ1) is 13.3. The molecule has 0 aliphatic carbocycles. The van der Waals surface area contributed by atoms with Gasteiger partial charge in [-0.15, -0.1) is 0 Å². The fourth-order valence-electron chi connectivity index (χ4n) is 3.01. The summed E-state index contributed by atoms with van der Waals surface area (Å²) in [5.41, 5.74) is 2.90. The van der Waals surface area contributed by atoms with Gasteiger partial charge in [0.2, 0.25) is 5.43 Å². The summed E-state index contributed by atoms with van der Waals surface area (Å²) in [7, 11) is 1.62. The molecule has 4 aromatic rings. The molecule has 132 valence electrons. The molecule has 1 aromatic heterocycles. The summed E-state index contributed by atoms with van der Waals surface area (Å²) in [6, 6.07) is 24.7. The van der Waals surface area contributed by atoms with Crippen molar-refractivity contribution in [1.29, 1.82) is 0 Å². The number of hydrogen-bond donors (Lipinski definition) is 0. The Labute approximate surface area is 157 Å². The van der Waals surface area contributed by atoms with Crippen LogP contribution in [0, 0.1) is 0 Å². The Balaban J connectivity index is 1.92. The Morgan fingerprint density at radius 1 is 0.815 bits per heavy atom. The number of ether oxygens (including phenoxy) is 1. The molecule has 0 aliphatic heterocycles. The number of methoxy groups -OCH3 is 1. The van der Waals surface area contributed by atoms with E-state index in [-0.39, 0.29) is 5.43 Å². The molecule has 0 saturated heterocycles. The summed E-state index contributed by atoms with van der Waals surface area (Å²) < 4.78 is 11.4. The van der Waals surface area contributed by atoms with Gasteiger partial charge in [-0.2, -0.15) is 0 Å². The second-order valence-corrected chi connectivity index (χ2v) is 6.14. The predicted molar refractivity (Wildman–Crippen MR) is 110 cm³/mol. The van der Waals surface area contributed by atoms with Gasteiger partial charge >= 0.3 is 0 Å². The Bertz CT molecular complexity index is 1150. The second-order valence-electron chi connectivity index (χ2n) is 6.14. The monoisotopic (exact) mass is 354 g/mol. The van der Waals surface area contributed by atoms with Gasteiger partial charge in [-0.25, -0.2) is 0 Å². The quantitative estimate of drug-likeness (QED) is 0.476. The van der Waals surface area contributed by atoms with Crippen molar-refractivity contribution < 1.29 is 9.15 Å². The first-order valence-corrected chi connectivity index (χ1v) is 8.69. The van der Waals surface area contributed by atoms with Crippen molar-refractivity contribution in [1.82, 2.24) is 0 Å². The lowest BCUT2D eigenvalue weighted by Gasteiger charge is -2.08. The molecule has 0 bridgehead atoms. The summed E-state index contributed by atoms with van der Waals surface area (Å²) in [5.74, 6) is 1.30. The lowest BCUT2D eigenvalue weighted by atomic mass is 10.0. The maximum absolute atomic E-state index is 13.1. The van der Waals surface area contributed by atoms with E-state index in [2.05, 4.69) is 0 Å². The Hall–Kier alpha value is -3.59. The Kier molecular flexibility index (Phi) is 4.58. The zero-order chi connectivity index (χ0) is 18.6. The maximum atomic E-state index is 13.1. The van der Waals surface area contributed by atoms with Crippen molar-refractivity contribution in [2.45, 2.75) is 0 Å². The molecular weight excluding hydrogens is 336 g/mol. The van der Waals surface area contributed by atoms with Crippen LogP contribution in [0.15, 0.2) is 88.1 Å². The van der Waals surface area contributed by atoms with E-state index in [1.807, 2.05) is 84.9 Å². The fraction of sp³-hybridized carbons (Fsp3) is 0.0417.